The van der Waals surface area contributed by atoms with Gasteiger partial charge >= 0.3 is 0 Å². The molecule has 0 unspecified atom stereocenters. The highest BCUT2D eigenvalue weighted by atomic mass is 15.1. The fourth-order valence-electron chi connectivity index (χ4n) is 1.97. The van der Waals surface area contributed by atoms with Crippen molar-refractivity contribution in [2.45, 2.75) is 13.3 Å². The molecular weight excluding hydrogens is 236 g/mol. The largest absolute Gasteiger partial charge is 0.382 e. The summed E-state index contributed by atoms with van der Waals surface area (Å²) in [7, 11) is 1.95. The van der Waals surface area contributed by atoms with Gasteiger partial charge in [-0.1, -0.05) is 19.1 Å². The SMILES string of the molecule is CCc1ccc(N(C)c2cccnc2C(=N)N)cc1. The highest BCUT2D eigenvalue weighted by Gasteiger charge is 2.11. The van der Waals surface area contributed by atoms with Crippen molar-refractivity contribution in [2.24, 2.45) is 5.73 Å². The number of hydrogen-bond donors (Lipinski definition) is 2. The van der Waals surface area contributed by atoms with Crippen LogP contribution in [0.25, 0.3) is 0 Å². The van der Waals surface area contributed by atoms with Gasteiger partial charge in [-0.25, -0.2) is 0 Å². The van der Waals surface area contributed by atoms with E-state index in [0.717, 1.165) is 17.8 Å². The molecule has 0 spiro atoms. The summed E-state index contributed by atoms with van der Waals surface area (Å²) in [6.07, 6.45) is 2.67. The third-order valence-corrected chi connectivity index (χ3v) is 3.13. The number of pyridine rings is 1. The lowest BCUT2D eigenvalue weighted by molar-refractivity contribution is 1.12. The minimum Gasteiger partial charge on any atom is -0.382 e. The van der Waals surface area contributed by atoms with Crippen LogP contribution in [0.4, 0.5) is 11.4 Å². The molecule has 1 heterocycles. The molecule has 4 heteroatoms. The van der Waals surface area contributed by atoms with Crippen LogP contribution in [0.5, 0.6) is 0 Å². The lowest BCUT2D eigenvalue weighted by Crippen LogP contribution is -2.19. The summed E-state index contributed by atoms with van der Waals surface area (Å²) in [5.74, 6) is -0.0207. The standard InChI is InChI=1S/C15H18N4/c1-3-11-6-8-12(9-7-11)19(2)13-5-4-10-18-14(13)15(16)17/h4-10H,3H2,1-2H3,(H3,16,17). The fraction of sp³-hybridized carbons (Fsp3) is 0.200. The van der Waals surface area contributed by atoms with Crippen molar-refractivity contribution in [2.75, 3.05) is 11.9 Å². The van der Waals surface area contributed by atoms with E-state index in [9.17, 15) is 0 Å². The first-order valence-electron chi connectivity index (χ1n) is 6.25. The minimum absolute atomic E-state index is 0.0207. The molecule has 0 saturated carbocycles. The van der Waals surface area contributed by atoms with Crippen molar-refractivity contribution < 1.29 is 0 Å². The second-order valence-corrected chi connectivity index (χ2v) is 4.36. The highest BCUT2D eigenvalue weighted by molar-refractivity contribution is 5.99. The molecule has 4 nitrogen and oxygen atoms in total. The van der Waals surface area contributed by atoms with Gasteiger partial charge in [-0.3, -0.25) is 10.4 Å². The first kappa shape index (κ1) is 13.1. The molecule has 0 radical (unpaired) electrons. The van der Waals surface area contributed by atoms with Crippen molar-refractivity contribution in [1.82, 2.24) is 4.98 Å². The average Bonchev–Trinajstić information content (AvgIpc) is 2.46. The normalized spacial score (nSPS) is 10.2. The lowest BCUT2D eigenvalue weighted by Gasteiger charge is -2.21. The number of amidine groups is 1. The summed E-state index contributed by atoms with van der Waals surface area (Å²) in [4.78, 5) is 6.16. The third-order valence-electron chi connectivity index (χ3n) is 3.13. The van der Waals surface area contributed by atoms with Gasteiger partial charge in [0.25, 0.3) is 0 Å². The van der Waals surface area contributed by atoms with Gasteiger partial charge in [-0.15, -0.1) is 0 Å². The minimum atomic E-state index is -0.0207. The van der Waals surface area contributed by atoms with Gasteiger partial charge in [0.2, 0.25) is 0 Å². The van der Waals surface area contributed by atoms with E-state index in [0.29, 0.717) is 5.69 Å². The molecule has 0 amide bonds. The number of anilines is 2. The van der Waals surface area contributed by atoms with E-state index >= 15 is 0 Å². The van der Waals surface area contributed by atoms with Crippen LogP contribution >= 0.6 is 0 Å². The number of nitrogens with two attached hydrogens (primary N) is 1. The number of hydrogen-bond acceptors (Lipinski definition) is 3. The third kappa shape index (κ3) is 2.73. The van der Waals surface area contributed by atoms with Crippen LogP contribution in [-0.4, -0.2) is 17.9 Å². The van der Waals surface area contributed by atoms with Crippen molar-refractivity contribution in [1.29, 1.82) is 5.41 Å². The molecule has 0 aliphatic heterocycles. The van der Waals surface area contributed by atoms with Gasteiger partial charge in [0, 0.05) is 18.9 Å². The maximum atomic E-state index is 7.58. The van der Waals surface area contributed by atoms with Gasteiger partial charge in [-0.2, -0.15) is 0 Å². The number of aromatic nitrogens is 1. The maximum absolute atomic E-state index is 7.58. The topological polar surface area (TPSA) is 66.0 Å². The van der Waals surface area contributed by atoms with Crippen LogP contribution in [0, 0.1) is 5.41 Å². The average molecular weight is 254 g/mol. The maximum Gasteiger partial charge on any atom is 0.143 e. The molecule has 19 heavy (non-hydrogen) atoms. The van der Waals surface area contributed by atoms with Crippen LogP contribution in [0.2, 0.25) is 0 Å². The van der Waals surface area contributed by atoms with Crippen LogP contribution in [0.1, 0.15) is 18.2 Å². The van der Waals surface area contributed by atoms with Gasteiger partial charge < -0.3 is 10.6 Å². The van der Waals surface area contributed by atoms with E-state index in [1.54, 1.807) is 6.20 Å². The number of rotatable bonds is 4. The smallest absolute Gasteiger partial charge is 0.143 e. The molecule has 3 N–H and O–H groups in total. The fourth-order valence-corrected chi connectivity index (χ4v) is 1.97. The molecule has 0 atom stereocenters. The first-order valence-corrected chi connectivity index (χ1v) is 6.25. The molecule has 0 fully saturated rings. The summed E-state index contributed by atoms with van der Waals surface area (Å²) in [6, 6.07) is 12.1. The second kappa shape index (κ2) is 5.52. The molecule has 0 saturated heterocycles. The van der Waals surface area contributed by atoms with Crippen LogP contribution < -0.4 is 10.6 Å². The van der Waals surface area contributed by atoms with E-state index in [2.05, 4.69) is 36.2 Å². The van der Waals surface area contributed by atoms with Crippen molar-refractivity contribution in [3.05, 3.63) is 53.9 Å². The zero-order chi connectivity index (χ0) is 13.8. The molecule has 1 aromatic carbocycles. The Kier molecular flexibility index (Phi) is 3.80. The zero-order valence-electron chi connectivity index (χ0n) is 11.2. The Labute approximate surface area is 113 Å². The number of nitrogens with zero attached hydrogens (tertiary/aromatic N) is 2. The van der Waals surface area contributed by atoms with E-state index in [1.807, 2.05) is 24.1 Å². The Morgan fingerprint density at radius 1 is 1.26 bits per heavy atom. The summed E-state index contributed by atoms with van der Waals surface area (Å²) >= 11 is 0. The molecule has 0 aliphatic carbocycles. The molecule has 2 rings (SSSR count). The molecular formula is C15H18N4. The monoisotopic (exact) mass is 254 g/mol. The second-order valence-electron chi connectivity index (χ2n) is 4.36. The van der Waals surface area contributed by atoms with E-state index in [1.165, 1.54) is 5.56 Å². The molecule has 1 aromatic heterocycles. The molecule has 98 valence electrons. The first-order chi connectivity index (χ1) is 9.13. The predicted molar refractivity (Wildman–Crippen MR) is 79.1 cm³/mol. The zero-order valence-corrected chi connectivity index (χ0v) is 11.2. The van der Waals surface area contributed by atoms with Crippen molar-refractivity contribution >= 4 is 17.2 Å². The quantitative estimate of drug-likeness (QED) is 0.651. The van der Waals surface area contributed by atoms with Crippen LogP contribution in [-0.2, 0) is 6.42 Å². The number of benzene rings is 1. The van der Waals surface area contributed by atoms with Crippen LogP contribution in [0.3, 0.4) is 0 Å². The van der Waals surface area contributed by atoms with E-state index in [-0.39, 0.29) is 5.84 Å². The van der Waals surface area contributed by atoms with Crippen molar-refractivity contribution in [3.63, 3.8) is 0 Å². The Hall–Kier alpha value is -2.36. The number of nitrogens with one attached hydrogen (secondary N) is 1. The predicted octanol–water partition coefficient (Wildman–Crippen LogP) is 2.70. The Balaban J connectivity index is 2.37. The van der Waals surface area contributed by atoms with Crippen molar-refractivity contribution in [3.8, 4) is 0 Å². The summed E-state index contributed by atoms with van der Waals surface area (Å²) in [5.41, 5.74) is 9.26. The van der Waals surface area contributed by atoms with Crippen LogP contribution in [0.15, 0.2) is 42.6 Å². The molecule has 2 aromatic rings. The lowest BCUT2D eigenvalue weighted by atomic mass is 10.1. The summed E-state index contributed by atoms with van der Waals surface area (Å²) in [5, 5.41) is 7.58. The van der Waals surface area contributed by atoms with E-state index < -0.39 is 0 Å². The molecule has 0 bridgehead atoms. The van der Waals surface area contributed by atoms with Gasteiger partial charge in [-0.05, 0) is 36.2 Å². The highest BCUT2D eigenvalue weighted by Crippen LogP contribution is 2.25. The number of aryl methyl sites for hydroxylation is 1. The summed E-state index contributed by atoms with van der Waals surface area (Å²) < 4.78 is 0. The van der Waals surface area contributed by atoms with E-state index in [4.69, 9.17) is 11.1 Å². The van der Waals surface area contributed by atoms with Gasteiger partial charge in [0.15, 0.2) is 0 Å². The Morgan fingerprint density at radius 2 is 1.95 bits per heavy atom. The summed E-state index contributed by atoms with van der Waals surface area (Å²) in [6.45, 7) is 2.13. The number of nitrogen functional groups attached to an aromatic ring is 1. The Morgan fingerprint density at radius 3 is 2.53 bits per heavy atom. The molecule has 0 aliphatic rings. The van der Waals surface area contributed by atoms with Gasteiger partial charge in [0.05, 0.1) is 5.69 Å². The van der Waals surface area contributed by atoms with Gasteiger partial charge in [0.1, 0.15) is 11.5 Å². The Bertz CT molecular complexity index is 575.